The Balaban J connectivity index is 1.89. The zero-order chi connectivity index (χ0) is 12.1. The molecule has 1 heterocycles. The second kappa shape index (κ2) is 5.96. The Labute approximate surface area is 100 Å². The summed E-state index contributed by atoms with van der Waals surface area (Å²) in [7, 11) is 0. The number of rotatable bonds is 4. The van der Waals surface area contributed by atoms with Crippen molar-refractivity contribution in [3.8, 4) is 0 Å². The van der Waals surface area contributed by atoms with Crippen molar-refractivity contribution in [2.75, 3.05) is 25.0 Å². The third-order valence-electron chi connectivity index (χ3n) is 3.17. The molecule has 0 aliphatic carbocycles. The van der Waals surface area contributed by atoms with Crippen molar-refractivity contribution < 1.29 is 8.78 Å². The van der Waals surface area contributed by atoms with E-state index in [1.165, 1.54) is 18.9 Å². The van der Waals surface area contributed by atoms with Crippen LogP contribution in [0.1, 0.15) is 18.4 Å². The lowest BCUT2D eigenvalue weighted by molar-refractivity contribution is 0.392. The first-order chi connectivity index (χ1) is 8.29. The molecule has 0 saturated carbocycles. The third-order valence-corrected chi connectivity index (χ3v) is 3.17. The fraction of sp³-hybridized carbons (Fsp3) is 0.538. The number of benzene rings is 1. The quantitative estimate of drug-likeness (QED) is 0.845. The lowest BCUT2D eigenvalue weighted by Crippen LogP contribution is -2.33. The zero-order valence-electron chi connectivity index (χ0n) is 9.81. The van der Waals surface area contributed by atoms with Crippen LogP contribution in [0.3, 0.4) is 0 Å². The third kappa shape index (κ3) is 3.40. The van der Waals surface area contributed by atoms with Crippen molar-refractivity contribution >= 4 is 5.69 Å². The average molecular weight is 240 g/mol. The van der Waals surface area contributed by atoms with E-state index < -0.39 is 6.67 Å². The molecule has 0 spiro atoms. The van der Waals surface area contributed by atoms with Gasteiger partial charge in [0.1, 0.15) is 12.5 Å². The lowest BCUT2D eigenvalue weighted by Gasteiger charge is -2.23. The molecule has 1 aliphatic heterocycles. The van der Waals surface area contributed by atoms with Crippen LogP contribution in [-0.2, 0) is 6.67 Å². The van der Waals surface area contributed by atoms with Gasteiger partial charge in [0, 0.05) is 6.54 Å². The van der Waals surface area contributed by atoms with E-state index >= 15 is 0 Å². The molecule has 1 aromatic rings. The molecule has 4 heteroatoms. The largest absolute Gasteiger partial charge is 0.382 e. The number of nitrogens with one attached hydrogen (secondary N) is 2. The Morgan fingerprint density at radius 2 is 2.29 bits per heavy atom. The number of piperidine rings is 1. The minimum Gasteiger partial charge on any atom is -0.382 e. The Kier molecular flexibility index (Phi) is 4.31. The van der Waals surface area contributed by atoms with Gasteiger partial charge in [0.25, 0.3) is 0 Å². The summed E-state index contributed by atoms with van der Waals surface area (Å²) >= 11 is 0. The fourth-order valence-corrected chi connectivity index (χ4v) is 2.14. The van der Waals surface area contributed by atoms with E-state index in [9.17, 15) is 8.78 Å². The number of hydrogen-bond acceptors (Lipinski definition) is 2. The molecule has 1 saturated heterocycles. The van der Waals surface area contributed by atoms with Gasteiger partial charge >= 0.3 is 0 Å². The minimum atomic E-state index is -0.621. The van der Waals surface area contributed by atoms with Crippen molar-refractivity contribution in [1.82, 2.24) is 5.32 Å². The Bertz CT molecular complexity index is 362. The predicted octanol–water partition coefficient (Wildman–Crippen LogP) is 2.71. The monoisotopic (exact) mass is 240 g/mol. The first-order valence-electron chi connectivity index (χ1n) is 6.08. The average Bonchev–Trinajstić information content (AvgIpc) is 2.38. The topological polar surface area (TPSA) is 24.1 Å². The second-order valence-electron chi connectivity index (χ2n) is 4.54. The molecule has 1 aromatic carbocycles. The van der Waals surface area contributed by atoms with Crippen LogP contribution in [0.15, 0.2) is 18.2 Å². The van der Waals surface area contributed by atoms with Crippen molar-refractivity contribution in [2.24, 2.45) is 5.92 Å². The van der Waals surface area contributed by atoms with Gasteiger partial charge < -0.3 is 10.6 Å². The molecule has 1 atom stereocenters. The zero-order valence-corrected chi connectivity index (χ0v) is 9.81. The summed E-state index contributed by atoms with van der Waals surface area (Å²) in [4.78, 5) is 0. The molecule has 1 fully saturated rings. The van der Waals surface area contributed by atoms with E-state index in [2.05, 4.69) is 10.6 Å². The van der Waals surface area contributed by atoms with Crippen LogP contribution in [-0.4, -0.2) is 19.6 Å². The van der Waals surface area contributed by atoms with Crippen LogP contribution in [0.25, 0.3) is 0 Å². The van der Waals surface area contributed by atoms with Gasteiger partial charge in [-0.2, -0.15) is 0 Å². The van der Waals surface area contributed by atoms with Crippen molar-refractivity contribution in [3.63, 3.8) is 0 Å². The smallest absolute Gasteiger partial charge is 0.146 e. The molecule has 0 aromatic heterocycles. The van der Waals surface area contributed by atoms with Gasteiger partial charge in [-0.25, -0.2) is 8.78 Å². The predicted molar refractivity (Wildman–Crippen MR) is 65.3 cm³/mol. The molecule has 0 bridgehead atoms. The van der Waals surface area contributed by atoms with Crippen LogP contribution in [0, 0.1) is 11.7 Å². The molecule has 17 heavy (non-hydrogen) atoms. The lowest BCUT2D eigenvalue weighted by atomic mass is 9.99. The van der Waals surface area contributed by atoms with Crippen LogP contribution >= 0.6 is 0 Å². The van der Waals surface area contributed by atoms with Gasteiger partial charge in [0.05, 0.1) is 5.69 Å². The number of alkyl halides is 1. The molecule has 2 rings (SSSR count). The van der Waals surface area contributed by atoms with E-state index in [1.807, 2.05) is 0 Å². The van der Waals surface area contributed by atoms with Gasteiger partial charge in [-0.05, 0) is 49.5 Å². The molecule has 0 radical (unpaired) electrons. The van der Waals surface area contributed by atoms with Crippen LogP contribution < -0.4 is 10.6 Å². The summed E-state index contributed by atoms with van der Waals surface area (Å²) in [5.74, 6) is 0.174. The van der Waals surface area contributed by atoms with Crippen LogP contribution in [0.5, 0.6) is 0 Å². The summed E-state index contributed by atoms with van der Waals surface area (Å²) in [6.45, 7) is 2.20. The summed E-state index contributed by atoms with van der Waals surface area (Å²) in [6, 6.07) is 4.48. The summed E-state index contributed by atoms with van der Waals surface area (Å²) in [6.07, 6.45) is 2.35. The SMILES string of the molecule is FCc1ccc(NCC2CCCNC2)c(F)c1. The number of hydrogen-bond donors (Lipinski definition) is 2. The Hall–Kier alpha value is -1.16. The maximum absolute atomic E-state index is 13.5. The van der Waals surface area contributed by atoms with Crippen molar-refractivity contribution in [3.05, 3.63) is 29.6 Å². The highest BCUT2D eigenvalue weighted by Crippen LogP contribution is 2.18. The molecule has 2 nitrogen and oxygen atoms in total. The highest BCUT2D eigenvalue weighted by Gasteiger charge is 2.13. The molecule has 94 valence electrons. The minimum absolute atomic E-state index is 0.371. The number of anilines is 1. The molecule has 0 amide bonds. The molecule has 1 aliphatic rings. The highest BCUT2D eigenvalue weighted by atomic mass is 19.1. The van der Waals surface area contributed by atoms with E-state index in [1.54, 1.807) is 12.1 Å². The van der Waals surface area contributed by atoms with Crippen LogP contribution in [0.4, 0.5) is 14.5 Å². The van der Waals surface area contributed by atoms with Gasteiger partial charge in [-0.15, -0.1) is 0 Å². The van der Waals surface area contributed by atoms with Gasteiger partial charge in [0.2, 0.25) is 0 Å². The van der Waals surface area contributed by atoms with Gasteiger partial charge in [-0.3, -0.25) is 0 Å². The van der Waals surface area contributed by atoms with Crippen LogP contribution in [0.2, 0.25) is 0 Å². The maximum atomic E-state index is 13.5. The first-order valence-corrected chi connectivity index (χ1v) is 6.08. The summed E-state index contributed by atoms with van der Waals surface area (Å²) in [5.41, 5.74) is 0.847. The molecule has 1 unspecified atom stereocenters. The van der Waals surface area contributed by atoms with E-state index in [-0.39, 0.29) is 5.82 Å². The van der Waals surface area contributed by atoms with E-state index in [0.29, 0.717) is 17.2 Å². The van der Waals surface area contributed by atoms with Crippen molar-refractivity contribution in [1.29, 1.82) is 0 Å². The number of halogens is 2. The summed E-state index contributed by atoms with van der Waals surface area (Å²) < 4.78 is 25.9. The summed E-state index contributed by atoms with van der Waals surface area (Å²) in [5, 5.41) is 6.42. The molecule has 2 N–H and O–H groups in total. The molecular formula is C13H18F2N2. The van der Waals surface area contributed by atoms with E-state index in [4.69, 9.17) is 0 Å². The maximum Gasteiger partial charge on any atom is 0.146 e. The van der Waals surface area contributed by atoms with Gasteiger partial charge in [0.15, 0.2) is 0 Å². The normalized spacial score (nSPS) is 20.2. The first kappa shape index (κ1) is 12.3. The van der Waals surface area contributed by atoms with E-state index in [0.717, 1.165) is 19.6 Å². The highest BCUT2D eigenvalue weighted by molar-refractivity contribution is 5.46. The Morgan fingerprint density at radius 1 is 1.41 bits per heavy atom. The standard InChI is InChI=1S/C13H18F2N2/c14-7-10-3-4-13(12(15)6-10)17-9-11-2-1-5-16-8-11/h3-4,6,11,16-17H,1-2,5,7-9H2. The molecular weight excluding hydrogens is 222 g/mol. The second-order valence-corrected chi connectivity index (χ2v) is 4.54. The Morgan fingerprint density at radius 3 is 2.94 bits per heavy atom. The van der Waals surface area contributed by atoms with Gasteiger partial charge in [-0.1, -0.05) is 6.07 Å². The van der Waals surface area contributed by atoms with Crippen molar-refractivity contribution in [2.45, 2.75) is 19.5 Å². The fourth-order valence-electron chi connectivity index (χ4n) is 2.14.